The van der Waals surface area contributed by atoms with Crippen LogP contribution in [-0.4, -0.2) is 38.2 Å². The molecule has 1 aliphatic heterocycles. The summed E-state index contributed by atoms with van der Waals surface area (Å²) in [6.45, 7) is 4.03. The Kier molecular flexibility index (Phi) is 4.77. The highest BCUT2D eigenvalue weighted by Crippen LogP contribution is 2.30. The Balaban J connectivity index is 2.14. The predicted octanol–water partition coefficient (Wildman–Crippen LogP) is 2.58. The lowest BCUT2D eigenvalue weighted by molar-refractivity contribution is 0.108. The van der Waals surface area contributed by atoms with E-state index in [0.717, 1.165) is 31.5 Å². The average molecular weight is 266 g/mol. The maximum atomic E-state index is 14.0. The molecule has 1 heterocycles. The number of para-hydroxylation sites is 1. The molecular weight excluding hydrogens is 243 g/mol. The topological polar surface area (TPSA) is 24.5 Å². The Bertz CT molecular complexity index is 417. The van der Waals surface area contributed by atoms with Gasteiger partial charge in [-0.25, -0.2) is 4.39 Å². The van der Waals surface area contributed by atoms with Crippen molar-refractivity contribution in [1.82, 2.24) is 10.2 Å². The lowest BCUT2D eigenvalue weighted by Gasteiger charge is -2.30. The monoisotopic (exact) mass is 266 g/mol. The van der Waals surface area contributed by atoms with Crippen LogP contribution in [0.3, 0.4) is 0 Å². The number of ether oxygens (including phenoxy) is 1. The van der Waals surface area contributed by atoms with Crippen LogP contribution < -0.4 is 10.1 Å². The van der Waals surface area contributed by atoms with Gasteiger partial charge in [-0.1, -0.05) is 12.1 Å². The second-order valence-corrected chi connectivity index (χ2v) is 5.29. The molecule has 19 heavy (non-hydrogen) atoms. The molecule has 1 N–H and O–H groups in total. The smallest absolute Gasteiger partial charge is 0.165 e. The van der Waals surface area contributed by atoms with E-state index in [1.807, 2.05) is 20.0 Å². The number of benzene rings is 1. The summed E-state index contributed by atoms with van der Waals surface area (Å²) >= 11 is 0. The van der Waals surface area contributed by atoms with E-state index in [1.165, 1.54) is 6.07 Å². The van der Waals surface area contributed by atoms with Crippen LogP contribution in [0.15, 0.2) is 18.2 Å². The Morgan fingerprint density at radius 1 is 1.37 bits per heavy atom. The van der Waals surface area contributed by atoms with Gasteiger partial charge in [-0.05, 0) is 39.9 Å². The standard InChI is InChI=1S/C15H23FN2O/c1-11(17-2)13-5-4-6-14(16)15(13)19-12-7-9-18(3)10-8-12/h4-6,11-12,17H,7-10H2,1-3H3. The molecule has 0 saturated carbocycles. The summed E-state index contributed by atoms with van der Waals surface area (Å²) in [5, 5.41) is 3.14. The summed E-state index contributed by atoms with van der Waals surface area (Å²) in [6, 6.07) is 5.21. The first-order chi connectivity index (χ1) is 9.11. The highest BCUT2D eigenvalue weighted by molar-refractivity contribution is 5.37. The zero-order valence-electron chi connectivity index (χ0n) is 11.9. The fourth-order valence-corrected chi connectivity index (χ4v) is 2.42. The van der Waals surface area contributed by atoms with Gasteiger partial charge in [0.2, 0.25) is 0 Å². The number of hydrogen-bond donors (Lipinski definition) is 1. The fourth-order valence-electron chi connectivity index (χ4n) is 2.42. The van der Waals surface area contributed by atoms with E-state index in [2.05, 4.69) is 17.3 Å². The van der Waals surface area contributed by atoms with Gasteiger partial charge in [0.25, 0.3) is 0 Å². The molecule has 4 heteroatoms. The number of rotatable bonds is 4. The van der Waals surface area contributed by atoms with Crippen molar-refractivity contribution in [2.45, 2.75) is 31.9 Å². The van der Waals surface area contributed by atoms with Crippen molar-refractivity contribution in [3.63, 3.8) is 0 Å². The third-order valence-corrected chi connectivity index (χ3v) is 3.85. The molecule has 1 aromatic carbocycles. The normalized spacial score (nSPS) is 19.4. The highest BCUT2D eigenvalue weighted by atomic mass is 19.1. The Morgan fingerprint density at radius 2 is 2.05 bits per heavy atom. The molecule has 1 unspecified atom stereocenters. The minimum atomic E-state index is -0.265. The maximum Gasteiger partial charge on any atom is 0.165 e. The van der Waals surface area contributed by atoms with E-state index >= 15 is 0 Å². The van der Waals surface area contributed by atoms with Crippen LogP contribution in [0.5, 0.6) is 5.75 Å². The Hall–Kier alpha value is -1.13. The molecule has 1 aromatic rings. The van der Waals surface area contributed by atoms with Gasteiger partial charge in [0.05, 0.1) is 0 Å². The maximum absolute atomic E-state index is 14.0. The average Bonchev–Trinajstić information content (AvgIpc) is 2.42. The van der Waals surface area contributed by atoms with Crippen molar-refractivity contribution < 1.29 is 9.13 Å². The van der Waals surface area contributed by atoms with Gasteiger partial charge >= 0.3 is 0 Å². The van der Waals surface area contributed by atoms with Crippen molar-refractivity contribution in [3.8, 4) is 5.75 Å². The molecule has 0 radical (unpaired) electrons. The fraction of sp³-hybridized carbons (Fsp3) is 0.600. The minimum absolute atomic E-state index is 0.0805. The van der Waals surface area contributed by atoms with Crippen LogP contribution in [0, 0.1) is 5.82 Å². The number of nitrogens with zero attached hydrogens (tertiary/aromatic N) is 1. The van der Waals surface area contributed by atoms with Crippen molar-refractivity contribution in [2.24, 2.45) is 0 Å². The first-order valence-corrected chi connectivity index (χ1v) is 6.92. The van der Waals surface area contributed by atoms with Crippen molar-refractivity contribution >= 4 is 0 Å². The first-order valence-electron chi connectivity index (χ1n) is 6.92. The Morgan fingerprint density at radius 3 is 2.68 bits per heavy atom. The third kappa shape index (κ3) is 3.45. The van der Waals surface area contributed by atoms with E-state index in [1.54, 1.807) is 6.07 Å². The zero-order chi connectivity index (χ0) is 13.8. The summed E-state index contributed by atoms with van der Waals surface area (Å²) in [4.78, 5) is 2.28. The van der Waals surface area contributed by atoms with Crippen LogP contribution in [-0.2, 0) is 0 Å². The van der Waals surface area contributed by atoms with Crippen LogP contribution in [0.1, 0.15) is 31.4 Å². The van der Waals surface area contributed by atoms with E-state index < -0.39 is 0 Å². The van der Waals surface area contributed by atoms with Crippen LogP contribution >= 0.6 is 0 Å². The molecule has 2 rings (SSSR count). The lowest BCUT2D eigenvalue weighted by Crippen LogP contribution is -2.36. The molecular formula is C15H23FN2O. The van der Waals surface area contributed by atoms with E-state index in [4.69, 9.17) is 4.74 Å². The van der Waals surface area contributed by atoms with Crippen LogP contribution in [0.25, 0.3) is 0 Å². The number of piperidine rings is 1. The van der Waals surface area contributed by atoms with Crippen molar-refractivity contribution in [2.75, 3.05) is 27.2 Å². The molecule has 1 fully saturated rings. The van der Waals surface area contributed by atoms with Gasteiger partial charge in [0.15, 0.2) is 11.6 Å². The van der Waals surface area contributed by atoms with Crippen molar-refractivity contribution in [1.29, 1.82) is 0 Å². The molecule has 106 valence electrons. The van der Waals surface area contributed by atoms with Gasteiger partial charge < -0.3 is 15.0 Å². The summed E-state index contributed by atoms with van der Waals surface area (Å²) in [5.41, 5.74) is 0.890. The van der Waals surface area contributed by atoms with Gasteiger partial charge in [-0.2, -0.15) is 0 Å². The summed E-state index contributed by atoms with van der Waals surface area (Å²) < 4.78 is 20.0. The van der Waals surface area contributed by atoms with E-state index in [-0.39, 0.29) is 18.0 Å². The second kappa shape index (κ2) is 6.35. The van der Waals surface area contributed by atoms with Crippen LogP contribution in [0.2, 0.25) is 0 Å². The molecule has 3 nitrogen and oxygen atoms in total. The molecule has 0 aromatic heterocycles. The largest absolute Gasteiger partial charge is 0.487 e. The number of halogens is 1. The van der Waals surface area contributed by atoms with Crippen molar-refractivity contribution in [3.05, 3.63) is 29.6 Å². The quantitative estimate of drug-likeness (QED) is 0.906. The van der Waals surface area contributed by atoms with E-state index in [0.29, 0.717) is 5.75 Å². The van der Waals surface area contributed by atoms with Gasteiger partial charge in [-0.15, -0.1) is 0 Å². The summed E-state index contributed by atoms with van der Waals surface area (Å²) in [7, 11) is 3.97. The first kappa shape index (κ1) is 14.3. The summed E-state index contributed by atoms with van der Waals surface area (Å²) in [6.07, 6.45) is 2.03. The van der Waals surface area contributed by atoms with Gasteiger partial charge in [-0.3, -0.25) is 0 Å². The predicted molar refractivity (Wildman–Crippen MR) is 75.0 cm³/mol. The second-order valence-electron chi connectivity index (χ2n) is 5.29. The molecule has 0 bridgehead atoms. The van der Waals surface area contributed by atoms with E-state index in [9.17, 15) is 4.39 Å². The third-order valence-electron chi connectivity index (χ3n) is 3.85. The minimum Gasteiger partial charge on any atom is -0.487 e. The Labute approximate surface area is 114 Å². The van der Waals surface area contributed by atoms with Gasteiger partial charge in [0.1, 0.15) is 6.10 Å². The number of likely N-dealkylation sites (tertiary alicyclic amines) is 1. The molecule has 0 spiro atoms. The molecule has 1 atom stereocenters. The zero-order valence-corrected chi connectivity index (χ0v) is 11.9. The SMILES string of the molecule is CNC(C)c1cccc(F)c1OC1CCN(C)CC1. The number of nitrogens with one attached hydrogen (secondary N) is 1. The number of hydrogen-bond acceptors (Lipinski definition) is 3. The molecule has 0 amide bonds. The molecule has 0 aliphatic carbocycles. The lowest BCUT2D eigenvalue weighted by atomic mass is 10.1. The summed E-state index contributed by atoms with van der Waals surface area (Å²) in [5.74, 6) is 0.150. The molecule has 1 saturated heterocycles. The highest BCUT2D eigenvalue weighted by Gasteiger charge is 2.22. The van der Waals surface area contributed by atoms with Gasteiger partial charge in [0, 0.05) is 24.7 Å². The van der Waals surface area contributed by atoms with Crippen LogP contribution in [0.4, 0.5) is 4.39 Å². The molecule has 1 aliphatic rings.